The number of rotatable bonds is 2. The topological polar surface area (TPSA) is 109 Å². The maximum absolute atomic E-state index is 11.3. The highest BCUT2D eigenvalue weighted by Gasteiger charge is 2.40. The molecule has 0 saturated heterocycles. The van der Waals surface area contributed by atoms with E-state index in [1.54, 1.807) is 0 Å². The summed E-state index contributed by atoms with van der Waals surface area (Å²) in [6, 6.07) is 0. The summed E-state index contributed by atoms with van der Waals surface area (Å²) in [4.78, 5) is -0.216. The smallest absolute Gasteiger partial charge is 0.285 e. The molecule has 2 unspecified atom stereocenters. The molecule has 1 saturated carbocycles. The molecule has 0 aromatic heterocycles. The second-order valence-electron chi connectivity index (χ2n) is 4.55. The number of fused-ring (bicyclic) bond motifs is 1. The van der Waals surface area contributed by atoms with Crippen molar-refractivity contribution in [2.45, 2.75) is 30.9 Å². The highest BCUT2D eigenvalue weighted by Crippen LogP contribution is 2.41. The predicted molar refractivity (Wildman–Crippen MR) is 65.0 cm³/mol. The summed E-state index contributed by atoms with van der Waals surface area (Å²) < 4.78 is 63.4. The Hall–Kier alpha value is -0.700. The van der Waals surface area contributed by atoms with E-state index in [1.165, 1.54) is 12.2 Å². The molecule has 0 aliphatic heterocycles. The van der Waals surface area contributed by atoms with Crippen molar-refractivity contribution in [1.82, 2.24) is 0 Å². The zero-order chi connectivity index (χ0) is 13.6. The van der Waals surface area contributed by atoms with Crippen LogP contribution in [0.1, 0.15) is 25.7 Å². The second-order valence-corrected chi connectivity index (χ2v) is 7.58. The van der Waals surface area contributed by atoms with Gasteiger partial charge in [-0.2, -0.15) is 16.8 Å². The van der Waals surface area contributed by atoms with Gasteiger partial charge in [0.2, 0.25) is 0 Å². The van der Waals surface area contributed by atoms with Gasteiger partial charge in [0.1, 0.15) is 0 Å². The van der Waals surface area contributed by atoms with Crippen molar-refractivity contribution >= 4 is 20.2 Å². The van der Waals surface area contributed by atoms with Crippen LogP contribution in [0.2, 0.25) is 0 Å². The van der Waals surface area contributed by atoms with Crippen molar-refractivity contribution in [1.29, 1.82) is 0 Å². The van der Waals surface area contributed by atoms with Gasteiger partial charge in [-0.3, -0.25) is 9.11 Å². The Morgan fingerprint density at radius 1 is 1.17 bits per heavy atom. The fraction of sp³-hybridized carbons (Fsp3) is 0.600. The molecule has 0 heterocycles. The molecule has 0 aromatic carbocycles. The van der Waals surface area contributed by atoms with Crippen LogP contribution >= 0.6 is 0 Å². The molecular weight excluding hydrogens is 280 g/mol. The molecule has 2 aliphatic rings. The molecule has 2 aliphatic carbocycles. The number of hydrogen-bond donors (Lipinski definition) is 2. The fourth-order valence-corrected chi connectivity index (χ4v) is 4.75. The third-order valence-corrected chi connectivity index (χ3v) is 5.75. The van der Waals surface area contributed by atoms with E-state index in [2.05, 4.69) is 0 Å². The van der Waals surface area contributed by atoms with Gasteiger partial charge in [-0.25, -0.2) is 0 Å². The molecule has 0 amide bonds. The van der Waals surface area contributed by atoms with E-state index < -0.39 is 31.4 Å². The van der Waals surface area contributed by atoms with Gasteiger partial charge in [0.15, 0.2) is 0 Å². The average Bonchev–Trinajstić information content (AvgIpc) is 2.24. The van der Waals surface area contributed by atoms with Crippen LogP contribution in [0.5, 0.6) is 0 Å². The zero-order valence-electron chi connectivity index (χ0n) is 9.48. The average molecular weight is 294 g/mol. The summed E-state index contributed by atoms with van der Waals surface area (Å²) in [6.45, 7) is 0. The van der Waals surface area contributed by atoms with Crippen molar-refractivity contribution in [3.05, 3.63) is 22.6 Å². The van der Waals surface area contributed by atoms with Gasteiger partial charge in [-0.1, -0.05) is 6.08 Å². The van der Waals surface area contributed by atoms with Crippen molar-refractivity contribution in [2.24, 2.45) is 5.92 Å². The molecular formula is C10H14O6S2. The van der Waals surface area contributed by atoms with Crippen molar-refractivity contribution in [3.8, 4) is 0 Å². The first-order valence-corrected chi connectivity index (χ1v) is 8.49. The van der Waals surface area contributed by atoms with Crippen molar-refractivity contribution in [2.75, 3.05) is 0 Å². The highest BCUT2D eigenvalue weighted by molar-refractivity contribution is 7.90. The first-order valence-electron chi connectivity index (χ1n) is 5.54. The minimum atomic E-state index is -4.35. The minimum Gasteiger partial charge on any atom is -0.285 e. The highest BCUT2D eigenvalue weighted by atomic mass is 32.2. The molecule has 8 heteroatoms. The Bertz CT molecular complexity index is 611. The summed E-state index contributed by atoms with van der Waals surface area (Å²) in [7, 11) is -8.56. The molecule has 1 fully saturated rings. The monoisotopic (exact) mass is 294 g/mol. The Morgan fingerprint density at radius 3 is 2.39 bits per heavy atom. The zero-order valence-corrected chi connectivity index (χ0v) is 11.1. The maximum Gasteiger partial charge on any atom is 0.294 e. The van der Waals surface area contributed by atoms with Crippen LogP contribution in [0.3, 0.4) is 0 Å². The van der Waals surface area contributed by atoms with Crippen molar-refractivity contribution < 1.29 is 25.9 Å². The van der Waals surface area contributed by atoms with Crippen LogP contribution in [-0.2, 0) is 20.2 Å². The van der Waals surface area contributed by atoms with Gasteiger partial charge in [-0.15, -0.1) is 0 Å². The summed E-state index contributed by atoms with van der Waals surface area (Å²) in [5.74, 6) is -0.560. The van der Waals surface area contributed by atoms with Crippen LogP contribution in [0, 0.1) is 5.92 Å². The van der Waals surface area contributed by atoms with Gasteiger partial charge in [-0.05, 0) is 37.3 Å². The molecule has 102 valence electrons. The lowest BCUT2D eigenvalue weighted by atomic mass is 9.79. The number of allylic oxidation sites excluding steroid dienone is 3. The van der Waals surface area contributed by atoms with Crippen LogP contribution in [0.15, 0.2) is 22.6 Å². The lowest BCUT2D eigenvalue weighted by molar-refractivity contribution is 0.394. The van der Waals surface area contributed by atoms with E-state index in [-0.39, 0.29) is 4.91 Å². The fourth-order valence-electron chi connectivity index (χ4n) is 2.74. The maximum atomic E-state index is 11.3. The van der Waals surface area contributed by atoms with Gasteiger partial charge in [0.05, 0.1) is 10.2 Å². The van der Waals surface area contributed by atoms with Gasteiger partial charge in [0.25, 0.3) is 20.2 Å². The minimum absolute atomic E-state index is 0.216. The van der Waals surface area contributed by atoms with Crippen LogP contribution in [-0.4, -0.2) is 31.2 Å². The largest absolute Gasteiger partial charge is 0.294 e. The van der Waals surface area contributed by atoms with E-state index >= 15 is 0 Å². The normalized spacial score (nSPS) is 29.2. The van der Waals surface area contributed by atoms with Gasteiger partial charge in [0, 0.05) is 5.92 Å². The quantitative estimate of drug-likeness (QED) is 0.739. The van der Waals surface area contributed by atoms with E-state index in [1.807, 2.05) is 0 Å². The van der Waals surface area contributed by atoms with Crippen LogP contribution < -0.4 is 0 Å². The lowest BCUT2D eigenvalue weighted by Crippen LogP contribution is -2.35. The molecule has 0 bridgehead atoms. The van der Waals surface area contributed by atoms with E-state index in [4.69, 9.17) is 4.55 Å². The Kier molecular flexibility index (Phi) is 3.39. The standard InChI is InChI=1S/C10H14O6S2/c11-17(12,13)9-5-1-3-7-8(9)4-2-6-10(7)18(14,15)16/h1,5,7,10H,2-4,6H2,(H,11,12,13)(H,14,15,16). The summed E-state index contributed by atoms with van der Waals surface area (Å²) in [5.41, 5.74) is 0.411. The predicted octanol–water partition coefficient (Wildman–Crippen LogP) is 1.14. The Labute approximate surface area is 106 Å². The summed E-state index contributed by atoms with van der Waals surface area (Å²) >= 11 is 0. The molecule has 0 aromatic rings. The van der Waals surface area contributed by atoms with Gasteiger partial charge >= 0.3 is 0 Å². The SMILES string of the molecule is O=S(=O)(O)C1=C2CCCC(S(=O)(=O)O)C2CC=C1. The first-order chi connectivity index (χ1) is 8.21. The molecule has 0 radical (unpaired) electrons. The lowest BCUT2D eigenvalue weighted by Gasteiger charge is -2.33. The van der Waals surface area contributed by atoms with E-state index in [9.17, 15) is 21.4 Å². The molecule has 2 N–H and O–H groups in total. The van der Waals surface area contributed by atoms with Crippen LogP contribution in [0.4, 0.5) is 0 Å². The summed E-state index contributed by atoms with van der Waals surface area (Å²) in [6.07, 6.45) is 4.38. The van der Waals surface area contributed by atoms with E-state index in [0.29, 0.717) is 31.3 Å². The third kappa shape index (κ3) is 2.51. The summed E-state index contributed by atoms with van der Waals surface area (Å²) in [5, 5.41) is -0.983. The molecule has 2 atom stereocenters. The molecule has 2 rings (SSSR count). The molecule has 18 heavy (non-hydrogen) atoms. The molecule has 0 spiro atoms. The molecule has 6 nitrogen and oxygen atoms in total. The second kappa shape index (κ2) is 4.44. The van der Waals surface area contributed by atoms with E-state index in [0.717, 1.165) is 0 Å². The van der Waals surface area contributed by atoms with Gasteiger partial charge < -0.3 is 0 Å². The number of hydrogen-bond acceptors (Lipinski definition) is 4. The third-order valence-electron chi connectivity index (χ3n) is 3.47. The Morgan fingerprint density at radius 2 is 1.83 bits per heavy atom. The van der Waals surface area contributed by atoms with Crippen molar-refractivity contribution in [3.63, 3.8) is 0 Å². The van der Waals surface area contributed by atoms with Crippen LogP contribution in [0.25, 0.3) is 0 Å². The Balaban J connectivity index is 2.52. The first kappa shape index (κ1) is 13.7.